The second-order valence-electron chi connectivity index (χ2n) is 8.72. The van der Waals surface area contributed by atoms with Crippen LogP contribution in [0.3, 0.4) is 0 Å². The highest BCUT2D eigenvalue weighted by Crippen LogP contribution is 2.32. The van der Waals surface area contributed by atoms with Gasteiger partial charge in [-0.15, -0.1) is 13.2 Å². The van der Waals surface area contributed by atoms with Gasteiger partial charge < -0.3 is 15.2 Å². The Morgan fingerprint density at radius 3 is 2.64 bits per heavy atom. The molecule has 2 rings (SSSR count). The number of allylic oxidation sites excluding steroid dienone is 7. The number of methoxy groups -OCH3 is 1. The van der Waals surface area contributed by atoms with Crippen molar-refractivity contribution in [2.75, 3.05) is 33.4 Å². The van der Waals surface area contributed by atoms with Crippen LogP contribution in [-0.4, -0.2) is 49.0 Å². The van der Waals surface area contributed by atoms with E-state index in [1.165, 1.54) is 17.0 Å². The largest absolute Gasteiger partial charge is 0.389 e. The average molecular weight is 453 g/mol. The second-order valence-corrected chi connectivity index (χ2v) is 8.72. The van der Waals surface area contributed by atoms with Crippen molar-refractivity contribution in [2.45, 2.75) is 45.1 Å². The van der Waals surface area contributed by atoms with E-state index >= 15 is 0 Å². The maximum Gasteiger partial charge on any atom is 0.0777 e. The quantitative estimate of drug-likeness (QED) is 0.305. The maximum absolute atomic E-state index is 11.2. The molecule has 2 N–H and O–H groups in total. The number of hydrogen-bond donors (Lipinski definition) is 2. The Bertz CT molecular complexity index is 802. The molecule has 0 aromatic carbocycles. The molecule has 0 saturated carbocycles. The SMILES string of the molecule is C=C.C=C/C=C\C=C1/CC(CCN2C[C@H](/C=C(\COC)C(=C)C=C)C[C@@](O)(CC)C2)=C(C)N1. The molecule has 0 bridgehead atoms. The van der Waals surface area contributed by atoms with Crippen LogP contribution in [-0.2, 0) is 4.74 Å². The summed E-state index contributed by atoms with van der Waals surface area (Å²) in [6, 6.07) is 0. The van der Waals surface area contributed by atoms with Crippen LogP contribution in [0.2, 0.25) is 0 Å². The van der Waals surface area contributed by atoms with Gasteiger partial charge in [0.25, 0.3) is 0 Å². The number of ether oxygens (including phenoxy) is 1. The van der Waals surface area contributed by atoms with Crippen molar-refractivity contribution < 1.29 is 9.84 Å². The fraction of sp³-hybridized carbons (Fsp3) is 0.448. The van der Waals surface area contributed by atoms with Gasteiger partial charge in [0, 0.05) is 44.6 Å². The van der Waals surface area contributed by atoms with Crippen LogP contribution in [0.1, 0.15) is 39.5 Å². The lowest BCUT2D eigenvalue weighted by atomic mass is 9.82. The van der Waals surface area contributed by atoms with Crippen molar-refractivity contribution in [3.05, 3.63) is 97.5 Å². The zero-order valence-electron chi connectivity index (χ0n) is 21.0. The van der Waals surface area contributed by atoms with E-state index in [9.17, 15) is 5.11 Å². The number of aliphatic hydroxyl groups is 1. The predicted molar refractivity (Wildman–Crippen MR) is 143 cm³/mol. The van der Waals surface area contributed by atoms with Crippen molar-refractivity contribution in [3.63, 3.8) is 0 Å². The molecule has 0 aromatic rings. The highest BCUT2D eigenvalue weighted by Gasteiger charge is 2.36. The molecular formula is C29H44N2O2. The first-order valence-corrected chi connectivity index (χ1v) is 11.7. The molecule has 1 saturated heterocycles. The highest BCUT2D eigenvalue weighted by molar-refractivity contribution is 5.37. The van der Waals surface area contributed by atoms with E-state index < -0.39 is 5.60 Å². The fourth-order valence-electron chi connectivity index (χ4n) is 4.44. The Balaban J connectivity index is 0.00000265. The lowest BCUT2D eigenvalue weighted by molar-refractivity contribution is -0.0469. The summed E-state index contributed by atoms with van der Waals surface area (Å²) in [4.78, 5) is 2.41. The lowest BCUT2D eigenvalue weighted by Crippen LogP contribution is -2.51. The van der Waals surface area contributed by atoms with Crippen LogP contribution < -0.4 is 5.32 Å². The molecule has 0 spiro atoms. The van der Waals surface area contributed by atoms with Crippen LogP contribution in [0.5, 0.6) is 0 Å². The topological polar surface area (TPSA) is 44.7 Å². The maximum atomic E-state index is 11.2. The minimum absolute atomic E-state index is 0.261. The molecule has 2 heterocycles. The predicted octanol–water partition coefficient (Wildman–Crippen LogP) is 5.85. The van der Waals surface area contributed by atoms with Crippen molar-refractivity contribution in [1.29, 1.82) is 0 Å². The first kappa shape index (κ1) is 28.6. The third-order valence-corrected chi connectivity index (χ3v) is 6.26. The molecule has 2 atom stereocenters. The molecule has 2 aliphatic heterocycles. The molecule has 0 aliphatic carbocycles. The van der Waals surface area contributed by atoms with Crippen LogP contribution in [0, 0.1) is 5.92 Å². The van der Waals surface area contributed by atoms with Crippen LogP contribution in [0.15, 0.2) is 97.5 Å². The number of rotatable bonds is 11. The molecule has 1 fully saturated rings. The van der Waals surface area contributed by atoms with Crippen LogP contribution in [0.25, 0.3) is 0 Å². The Kier molecular flexibility index (Phi) is 12.7. The first-order chi connectivity index (χ1) is 15.8. The van der Waals surface area contributed by atoms with Gasteiger partial charge in [0.2, 0.25) is 0 Å². The lowest BCUT2D eigenvalue weighted by Gasteiger charge is -2.42. The van der Waals surface area contributed by atoms with E-state index in [1.54, 1.807) is 19.3 Å². The van der Waals surface area contributed by atoms with E-state index in [1.807, 2.05) is 12.2 Å². The van der Waals surface area contributed by atoms with Crippen molar-refractivity contribution in [2.24, 2.45) is 5.92 Å². The summed E-state index contributed by atoms with van der Waals surface area (Å²) in [6.07, 6.45) is 15.3. The van der Waals surface area contributed by atoms with Crippen molar-refractivity contribution in [3.8, 4) is 0 Å². The molecule has 4 heteroatoms. The van der Waals surface area contributed by atoms with E-state index in [2.05, 4.69) is 69.1 Å². The van der Waals surface area contributed by atoms with Gasteiger partial charge in [-0.2, -0.15) is 0 Å². The first-order valence-electron chi connectivity index (χ1n) is 11.7. The van der Waals surface area contributed by atoms with Gasteiger partial charge in [0.1, 0.15) is 0 Å². The van der Waals surface area contributed by atoms with Gasteiger partial charge in [-0.05, 0) is 54.9 Å². The smallest absolute Gasteiger partial charge is 0.0777 e. The summed E-state index contributed by atoms with van der Waals surface area (Å²) in [5.74, 6) is 0.261. The van der Waals surface area contributed by atoms with Crippen molar-refractivity contribution in [1.82, 2.24) is 10.2 Å². The zero-order valence-corrected chi connectivity index (χ0v) is 21.0. The molecule has 4 nitrogen and oxygen atoms in total. The van der Waals surface area contributed by atoms with E-state index in [4.69, 9.17) is 4.74 Å². The second kappa shape index (κ2) is 14.7. The minimum Gasteiger partial charge on any atom is -0.389 e. The fourth-order valence-corrected chi connectivity index (χ4v) is 4.44. The normalized spacial score (nSPS) is 25.0. The van der Waals surface area contributed by atoms with E-state index in [0.717, 1.165) is 56.5 Å². The minimum atomic E-state index is -0.662. The summed E-state index contributed by atoms with van der Waals surface area (Å²) in [6.45, 7) is 25.0. The third-order valence-electron chi connectivity index (χ3n) is 6.26. The molecule has 0 amide bonds. The molecule has 2 aliphatic rings. The number of piperidine rings is 1. The third kappa shape index (κ3) is 9.17. The average Bonchev–Trinajstić information content (AvgIpc) is 3.17. The van der Waals surface area contributed by atoms with Gasteiger partial charge >= 0.3 is 0 Å². The summed E-state index contributed by atoms with van der Waals surface area (Å²) < 4.78 is 5.36. The summed E-state index contributed by atoms with van der Waals surface area (Å²) >= 11 is 0. The Morgan fingerprint density at radius 1 is 1.30 bits per heavy atom. The standard InChI is InChI=1S/C27H40N2O2.C2H4/c1-7-10-11-12-26-16-24(22(5)28-26)13-14-29-18-23(17-27(30,9-3)20-29)15-25(19-31-6)21(4)8-2;1-2/h7-8,10-12,15,23,28,30H,1-2,4,9,13-14,16-20H2,3,5-6H3;1-2H2/b11-10-,25-15+,26-12+;/t23-,27+;/m1./s1. The van der Waals surface area contributed by atoms with Gasteiger partial charge in [0.15, 0.2) is 0 Å². The summed E-state index contributed by atoms with van der Waals surface area (Å²) in [7, 11) is 1.70. The highest BCUT2D eigenvalue weighted by atomic mass is 16.5. The van der Waals surface area contributed by atoms with E-state index in [0.29, 0.717) is 6.61 Å². The molecular weight excluding hydrogens is 408 g/mol. The van der Waals surface area contributed by atoms with Crippen LogP contribution in [0.4, 0.5) is 0 Å². The molecule has 33 heavy (non-hydrogen) atoms. The van der Waals surface area contributed by atoms with Crippen LogP contribution >= 0.6 is 0 Å². The molecule has 0 unspecified atom stereocenters. The molecule has 182 valence electrons. The monoisotopic (exact) mass is 452 g/mol. The number of hydrogen-bond acceptors (Lipinski definition) is 4. The molecule has 0 aromatic heterocycles. The number of likely N-dealkylation sites (tertiary alicyclic amines) is 1. The number of β-amino-alcohol motifs (C(OH)–C–C–N with tert-alkyl or cyclic N) is 1. The van der Waals surface area contributed by atoms with Gasteiger partial charge in [-0.25, -0.2) is 0 Å². The van der Waals surface area contributed by atoms with Gasteiger partial charge in [-0.1, -0.05) is 57.0 Å². The summed E-state index contributed by atoms with van der Waals surface area (Å²) in [5, 5.41) is 14.7. The van der Waals surface area contributed by atoms with Gasteiger partial charge in [-0.3, -0.25) is 4.90 Å². The van der Waals surface area contributed by atoms with Gasteiger partial charge in [0.05, 0.1) is 12.2 Å². The number of nitrogens with zero attached hydrogens (tertiary/aromatic N) is 1. The Hall–Kier alpha value is -2.40. The van der Waals surface area contributed by atoms with Crippen molar-refractivity contribution >= 4 is 0 Å². The number of nitrogens with one attached hydrogen (secondary N) is 1. The zero-order chi connectivity index (χ0) is 24.9. The Morgan fingerprint density at radius 2 is 2.03 bits per heavy atom. The van der Waals surface area contributed by atoms with E-state index in [-0.39, 0.29) is 5.92 Å². The molecule has 0 radical (unpaired) electrons. The summed E-state index contributed by atoms with van der Waals surface area (Å²) in [5.41, 5.74) is 5.20. The Labute approximate surface area is 202 Å².